The summed E-state index contributed by atoms with van der Waals surface area (Å²) < 4.78 is 84.7. The molecular weight excluding hydrogens is 637 g/mol. The zero-order valence-corrected chi connectivity index (χ0v) is 25.7. The van der Waals surface area contributed by atoms with E-state index < -0.39 is 40.1 Å². The van der Waals surface area contributed by atoms with Gasteiger partial charge >= 0.3 is 18.2 Å². The van der Waals surface area contributed by atoms with Crippen LogP contribution in [0.5, 0.6) is 0 Å². The maximum absolute atomic E-state index is 13.5. The van der Waals surface area contributed by atoms with Gasteiger partial charge in [-0.2, -0.15) is 22.9 Å². The van der Waals surface area contributed by atoms with Crippen LogP contribution in [0.2, 0.25) is 0 Å². The number of carbonyl (C=O) groups is 2. The molecule has 1 aliphatic rings. The summed E-state index contributed by atoms with van der Waals surface area (Å²) in [5, 5.41) is 6.33. The number of halogens is 3. The summed E-state index contributed by atoms with van der Waals surface area (Å²) in [7, 11) is -4.40. The summed E-state index contributed by atoms with van der Waals surface area (Å²) in [4.78, 5) is 30.1. The molecule has 3 heterocycles. The topological polar surface area (TPSA) is 152 Å². The van der Waals surface area contributed by atoms with Crippen molar-refractivity contribution in [3.63, 3.8) is 0 Å². The molecular formula is C28H31F3N6O8S. The molecule has 1 N–H and O–H groups in total. The summed E-state index contributed by atoms with van der Waals surface area (Å²) in [5.41, 5.74) is 0.615. The van der Waals surface area contributed by atoms with Gasteiger partial charge in [-0.25, -0.2) is 22.6 Å². The third-order valence-corrected chi connectivity index (χ3v) is 8.25. The minimum atomic E-state index is -4.70. The van der Waals surface area contributed by atoms with Gasteiger partial charge in [0.15, 0.2) is 5.69 Å². The molecule has 1 atom stereocenters. The number of aryl methyl sites for hydroxylation is 1. The lowest BCUT2D eigenvalue weighted by Gasteiger charge is -2.29. The quantitative estimate of drug-likeness (QED) is 0.195. The summed E-state index contributed by atoms with van der Waals surface area (Å²) >= 11 is 0. The number of amides is 1. The highest BCUT2D eigenvalue weighted by Crippen LogP contribution is 2.33. The van der Waals surface area contributed by atoms with Gasteiger partial charge in [0.25, 0.3) is 16.8 Å². The van der Waals surface area contributed by atoms with Crippen molar-refractivity contribution in [2.75, 3.05) is 24.9 Å². The van der Waals surface area contributed by atoms with Gasteiger partial charge in [0.2, 0.25) is 0 Å². The fourth-order valence-corrected chi connectivity index (χ4v) is 5.38. The minimum Gasteiger partial charge on any atom is -0.444 e. The van der Waals surface area contributed by atoms with E-state index in [2.05, 4.69) is 5.10 Å². The number of nitrogens with one attached hydrogen (secondary N) is 1. The average Bonchev–Trinajstić information content (AvgIpc) is 3.62. The van der Waals surface area contributed by atoms with E-state index in [1.165, 1.54) is 17.1 Å². The molecule has 1 amide bonds. The van der Waals surface area contributed by atoms with Crippen molar-refractivity contribution in [2.45, 2.75) is 50.8 Å². The van der Waals surface area contributed by atoms with Crippen molar-refractivity contribution < 1.29 is 50.1 Å². The lowest BCUT2D eigenvalue weighted by atomic mass is 10.1. The summed E-state index contributed by atoms with van der Waals surface area (Å²) in [6.07, 6.45) is -5.57. The van der Waals surface area contributed by atoms with Gasteiger partial charge in [-0.05, 0) is 50.1 Å². The van der Waals surface area contributed by atoms with Gasteiger partial charge in [0, 0.05) is 17.1 Å². The molecule has 5 rings (SSSR count). The maximum atomic E-state index is 13.5. The van der Waals surface area contributed by atoms with Crippen LogP contribution in [0.25, 0.3) is 16.9 Å². The standard InChI is InChI=1S/C28H31F3N6O8S/c1-18(2)26(38)42-17-43-37-36(45-37)34-14-4-5-22(16-34)44-27(39)33-46(40,41)23-12-10-21(11-13-23)35-24(15-25(32-35)28(29,30)31)20-8-6-19(3)7-9-20/h6-13,15,18,22H,4-5,14,16-17H2,1-3H3,(H,33,39). The van der Waals surface area contributed by atoms with E-state index in [-0.39, 0.29) is 35.5 Å². The molecule has 0 radical (unpaired) electrons. The van der Waals surface area contributed by atoms with E-state index in [1.807, 2.05) is 11.6 Å². The Kier molecular flexibility index (Phi) is 9.09. The van der Waals surface area contributed by atoms with Crippen LogP contribution in [0.15, 0.2) is 64.1 Å². The number of carbonyl (C=O) groups excluding carboxylic acids is 2. The number of esters is 1. The first-order valence-corrected chi connectivity index (χ1v) is 15.6. The highest BCUT2D eigenvalue weighted by Gasteiger charge is 2.35. The molecule has 0 aliphatic carbocycles. The first-order valence-electron chi connectivity index (χ1n) is 14.1. The highest BCUT2D eigenvalue weighted by atomic mass is 32.2. The van der Waals surface area contributed by atoms with Crippen molar-refractivity contribution in [2.24, 2.45) is 5.92 Å². The first-order chi connectivity index (χ1) is 21.7. The molecule has 0 saturated carbocycles. The second-order valence-electron chi connectivity index (χ2n) is 10.8. The van der Waals surface area contributed by atoms with Crippen LogP contribution in [0.4, 0.5) is 18.0 Å². The first kappa shape index (κ1) is 32.5. The number of hydrogen-bond donors (Lipinski definition) is 1. The number of piperidine rings is 1. The van der Waals surface area contributed by atoms with Crippen LogP contribution in [-0.2, 0) is 30.5 Å². The predicted molar refractivity (Wildman–Crippen MR) is 154 cm³/mol. The maximum Gasteiger partial charge on any atom is 0.435 e. The Balaban J connectivity index is 1.20. The molecule has 18 heteroatoms. The Morgan fingerprint density at radius 1 is 1.11 bits per heavy atom. The Morgan fingerprint density at radius 2 is 1.80 bits per heavy atom. The van der Waals surface area contributed by atoms with Gasteiger partial charge in [-0.1, -0.05) is 43.7 Å². The third-order valence-electron chi connectivity index (χ3n) is 6.92. The van der Waals surface area contributed by atoms with Crippen LogP contribution in [0.1, 0.15) is 37.9 Å². The van der Waals surface area contributed by atoms with Gasteiger partial charge in [0.05, 0.1) is 28.7 Å². The summed E-state index contributed by atoms with van der Waals surface area (Å²) in [5.74, 6) is -0.763. The summed E-state index contributed by atoms with van der Waals surface area (Å²) in [6, 6.07) is 12.6. The zero-order valence-electron chi connectivity index (χ0n) is 24.9. The van der Waals surface area contributed by atoms with E-state index >= 15 is 0 Å². The van der Waals surface area contributed by atoms with Crippen LogP contribution in [-0.4, -0.2) is 66.2 Å². The minimum absolute atomic E-state index is 0.154. The molecule has 1 saturated heterocycles. The number of rotatable bonds is 10. The molecule has 4 aromatic rings. The molecule has 2 aromatic carbocycles. The third kappa shape index (κ3) is 7.67. The lowest BCUT2D eigenvalue weighted by Crippen LogP contribution is -2.47. The van der Waals surface area contributed by atoms with E-state index in [9.17, 15) is 31.2 Å². The predicted octanol–water partition coefficient (Wildman–Crippen LogP) is 3.86. The van der Waals surface area contributed by atoms with Gasteiger partial charge < -0.3 is 14.3 Å². The number of benzene rings is 2. The molecule has 248 valence electrons. The molecule has 1 aliphatic heterocycles. The van der Waals surface area contributed by atoms with E-state index in [0.717, 1.165) is 33.5 Å². The SMILES string of the molecule is Cc1ccc(-c2cc(C(F)(F)F)nn2-c2ccc(S(=O)(=O)NC(=O)OC3CCCN(n4on4OCOC(=O)C(C)C)C3)cc2)cc1. The molecule has 1 unspecified atom stereocenters. The Bertz CT molecular complexity index is 1770. The smallest absolute Gasteiger partial charge is 0.435 e. The Hall–Kier alpha value is -4.87. The number of alkyl halides is 3. The van der Waals surface area contributed by atoms with Crippen molar-refractivity contribution in [1.29, 1.82) is 0 Å². The zero-order chi connectivity index (χ0) is 33.2. The number of sulfonamides is 1. The molecule has 0 spiro atoms. The highest BCUT2D eigenvalue weighted by molar-refractivity contribution is 7.90. The van der Waals surface area contributed by atoms with Crippen molar-refractivity contribution in [3.05, 3.63) is 65.9 Å². The van der Waals surface area contributed by atoms with Crippen LogP contribution in [0.3, 0.4) is 0 Å². The largest absolute Gasteiger partial charge is 0.444 e. The lowest BCUT2D eigenvalue weighted by molar-refractivity contribution is -0.163. The van der Waals surface area contributed by atoms with Gasteiger partial charge in [-0.15, -0.1) is 0 Å². The van der Waals surface area contributed by atoms with E-state index in [0.29, 0.717) is 24.9 Å². The normalized spacial score (nSPS) is 15.6. The second-order valence-corrected chi connectivity index (χ2v) is 12.5. The van der Waals surface area contributed by atoms with Gasteiger partial charge in [0.1, 0.15) is 11.1 Å². The molecule has 0 bridgehead atoms. The number of ether oxygens (including phenoxy) is 2. The van der Waals surface area contributed by atoms with Crippen molar-refractivity contribution >= 4 is 22.1 Å². The summed E-state index contributed by atoms with van der Waals surface area (Å²) in [6.45, 7) is 5.50. The van der Waals surface area contributed by atoms with E-state index in [4.69, 9.17) is 18.9 Å². The molecule has 46 heavy (non-hydrogen) atoms. The van der Waals surface area contributed by atoms with Crippen molar-refractivity contribution in [3.8, 4) is 16.9 Å². The van der Waals surface area contributed by atoms with Gasteiger partial charge in [-0.3, -0.25) is 9.80 Å². The molecule has 14 nitrogen and oxygen atoms in total. The fourth-order valence-electron chi connectivity index (χ4n) is 4.50. The number of hydrogen-bond acceptors (Lipinski definition) is 10. The molecule has 1 fully saturated rings. The van der Waals surface area contributed by atoms with E-state index in [1.54, 1.807) is 43.1 Å². The second kappa shape index (κ2) is 12.9. The number of nitrogens with zero attached hydrogens (tertiary/aromatic N) is 5. The van der Waals surface area contributed by atoms with Crippen molar-refractivity contribution in [1.82, 2.24) is 24.5 Å². The number of aromatic nitrogens is 4. The van der Waals surface area contributed by atoms with Crippen LogP contribution >= 0.6 is 0 Å². The molecule has 2 aromatic heterocycles. The monoisotopic (exact) mass is 668 g/mol. The fraction of sp³-hybridized carbons (Fsp3) is 0.393. The Morgan fingerprint density at radius 3 is 2.46 bits per heavy atom. The Labute approximate surface area is 261 Å². The average molecular weight is 669 g/mol. The van der Waals surface area contributed by atoms with Crippen LogP contribution < -0.4 is 14.6 Å². The van der Waals surface area contributed by atoms with Crippen LogP contribution in [0, 0.1) is 12.8 Å².